The van der Waals surface area contributed by atoms with Crippen molar-refractivity contribution in [2.45, 2.75) is 19.8 Å². The van der Waals surface area contributed by atoms with E-state index in [-0.39, 0.29) is 0 Å². The average molecular weight is 429 g/mol. The molecular formula is C24H33ClN4O. The highest BCUT2D eigenvalue weighted by atomic mass is 35.5. The molecule has 0 spiro atoms. The fraction of sp³-hybridized carbons (Fsp3) is 0.458. The third-order valence-corrected chi connectivity index (χ3v) is 5.67. The largest absolute Gasteiger partial charge is 0.384 e. The Kier molecular flexibility index (Phi) is 9.00. The molecule has 3 rings (SSSR count). The van der Waals surface area contributed by atoms with Gasteiger partial charge in [0.1, 0.15) is 5.82 Å². The summed E-state index contributed by atoms with van der Waals surface area (Å²) < 4.78 is 5.19. The minimum absolute atomic E-state index is 0.779. The smallest absolute Gasteiger partial charge is 0.128 e. The van der Waals surface area contributed by atoms with Crippen molar-refractivity contribution in [3.8, 4) is 0 Å². The minimum atomic E-state index is 0.779. The minimum Gasteiger partial charge on any atom is -0.384 e. The van der Waals surface area contributed by atoms with Crippen molar-refractivity contribution in [3.63, 3.8) is 0 Å². The number of benzene rings is 1. The number of aromatic nitrogens is 1. The van der Waals surface area contributed by atoms with Crippen molar-refractivity contribution in [1.29, 1.82) is 0 Å². The van der Waals surface area contributed by atoms with Gasteiger partial charge in [-0.2, -0.15) is 0 Å². The van der Waals surface area contributed by atoms with Crippen LogP contribution < -0.4 is 10.2 Å². The lowest BCUT2D eigenvalue weighted by atomic mass is 10.1. The Hall–Kier alpha value is -2.08. The summed E-state index contributed by atoms with van der Waals surface area (Å²) in [5.74, 6) is 1.06. The lowest BCUT2D eigenvalue weighted by molar-refractivity contribution is 0.144. The van der Waals surface area contributed by atoms with Crippen LogP contribution in [0.2, 0.25) is 5.02 Å². The molecule has 1 aromatic heterocycles. The maximum absolute atomic E-state index is 5.97. The standard InChI is InChI=1S/C24H33ClN4O/c1-3-4-23(26-12-11-20-5-8-22(25)9-6-20)21-7-10-24(27-19-21)29-15-13-28(14-16-29)17-18-30-2/h4-10,19,26H,3,11-18H2,1-2H3/b23-4+. The molecule has 162 valence electrons. The Morgan fingerprint density at radius 2 is 1.90 bits per heavy atom. The summed E-state index contributed by atoms with van der Waals surface area (Å²) in [6.45, 7) is 8.96. The molecule has 2 heterocycles. The van der Waals surface area contributed by atoms with Gasteiger partial charge in [-0.1, -0.05) is 36.7 Å². The van der Waals surface area contributed by atoms with E-state index >= 15 is 0 Å². The molecule has 0 bridgehead atoms. The summed E-state index contributed by atoms with van der Waals surface area (Å²) in [7, 11) is 1.76. The van der Waals surface area contributed by atoms with Gasteiger partial charge in [-0.3, -0.25) is 4.90 Å². The van der Waals surface area contributed by atoms with E-state index in [1.807, 2.05) is 18.3 Å². The summed E-state index contributed by atoms with van der Waals surface area (Å²) in [5.41, 5.74) is 3.56. The predicted octanol–water partition coefficient (Wildman–Crippen LogP) is 4.09. The van der Waals surface area contributed by atoms with Gasteiger partial charge < -0.3 is 15.0 Å². The third-order valence-electron chi connectivity index (χ3n) is 5.42. The first kappa shape index (κ1) is 22.6. The number of piperazine rings is 1. The van der Waals surface area contributed by atoms with E-state index in [2.05, 4.69) is 52.4 Å². The van der Waals surface area contributed by atoms with Crippen LogP contribution in [-0.4, -0.2) is 62.9 Å². The number of methoxy groups -OCH3 is 1. The van der Waals surface area contributed by atoms with Crippen molar-refractivity contribution in [2.75, 3.05) is 57.9 Å². The summed E-state index contributed by atoms with van der Waals surface area (Å²) >= 11 is 5.97. The van der Waals surface area contributed by atoms with E-state index in [0.717, 1.165) is 80.8 Å². The summed E-state index contributed by atoms with van der Waals surface area (Å²) in [6, 6.07) is 12.4. The number of nitrogens with zero attached hydrogens (tertiary/aromatic N) is 3. The highest BCUT2D eigenvalue weighted by Gasteiger charge is 2.17. The van der Waals surface area contributed by atoms with E-state index in [9.17, 15) is 0 Å². The summed E-state index contributed by atoms with van der Waals surface area (Å²) in [6.07, 6.45) is 6.15. The molecular weight excluding hydrogens is 396 g/mol. The molecule has 0 aliphatic carbocycles. The molecule has 1 aromatic carbocycles. The summed E-state index contributed by atoms with van der Waals surface area (Å²) in [4.78, 5) is 9.57. The zero-order valence-electron chi connectivity index (χ0n) is 18.1. The van der Waals surface area contributed by atoms with E-state index < -0.39 is 0 Å². The number of rotatable bonds is 10. The van der Waals surface area contributed by atoms with Crippen LogP contribution in [0.3, 0.4) is 0 Å². The Morgan fingerprint density at radius 3 is 2.53 bits per heavy atom. The molecule has 1 fully saturated rings. The average Bonchev–Trinajstić information content (AvgIpc) is 2.79. The van der Waals surface area contributed by atoms with Gasteiger partial charge in [-0.05, 0) is 42.7 Å². The van der Waals surface area contributed by atoms with Crippen molar-refractivity contribution in [3.05, 3.63) is 64.8 Å². The number of halogens is 1. The second kappa shape index (κ2) is 11.9. The molecule has 1 N–H and O–H groups in total. The quantitative estimate of drug-likeness (QED) is 0.617. The van der Waals surface area contributed by atoms with Crippen LogP contribution in [0.15, 0.2) is 48.7 Å². The second-order valence-electron chi connectivity index (χ2n) is 7.56. The van der Waals surface area contributed by atoms with Gasteiger partial charge in [0.15, 0.2) is 0 Å². The molecule has 0 amide bonds. The molecule has 1 aliphatic heterocycles. The lowest BCUT2D eigenvalue weighted by Gasteiger charge is -2.35. The first-order valence-corrected chi connectivity index (χ1v) is 11.2. The Morgan fingerprint density at radius 1 is 1.13 bits per heavy atom. The van der Waals surface area contributed by atoms with Crippen LogP contribution in [0, 0.1) is 0 Å². The van der Waals surface area contributed by atoms with Gasteiger partial charge in [0, 0.05) is 68.9 Å². The van der Waals surface area contributed by atoms with E-state index in [1.165, 1.54) is 5.56 Å². The number of anilines is 1. The number of hydrogen-bond donors (Lipinski definition) is 1. The zero-order valence-corrected chi connectivity index (χ0v) is 18.9. The van der Waals surface area contributed by atoms with Crippen molar-refractivity contribution < 1.29 is 4.74 Å². The highest BCUT2D eigenvalue weighted by Crippen LogP contribution is 2.18. The molecule has 30 heavy (non-hydrogen) atoms. The van der Waals surface area contributed by atoms with Crippen LogP contribution in [-0.2, 0) is 11.2 Å². The summed E-state index contributed by atoms with van der Waals surface area (Å²) in [5, 5.41) is 4.36. The number of ether oxygens (including phenoxy) is 1. The molecule has 0 atom stereocenters. The van der Waals surface area contributed by atoms with Crippen LogP contribution in [0.5, 0.6) is 0 Å². The number of nitrogens with one attached hydrogen (secondary N) is 1. The fourth-order valence-corrected chi connectivity index (χ4v) is 3.77. The monoisotopic (exact) mass is 428 g/mol. The lowest BCUT2D eigenvalue weighted by Crippen LogP contribution is -2.47. The van der Waals surface area contributed by atoms with Crippen molar-refractivity contribution in [2.24, 2.45) is 0 Å². The number of pyridine rings is 1. The Bertz CT molecular complexity index is 784. The Labute approximate surface area is 185 Å². The van der Waals surface area contributed by atoms with Gasteiger partial charge in [0.05, 0.1) is 6.61 Å². The van der Waals surface area contributed by atoms with Gasteiger partial charge >= 0.3 is 0 Å². The third kappa shape index (κ3) is 6.73. The number of allylic oxidation sites excluding steroid dienone is 1. The normalized spacial score (nSPS) is 15.4. The number of hydrogen-bond acceptors (Lipinski definition) is 5. The SMILES string of the molecule is CC/C=C(/NCCc1ccc(Cl)cc1)c1ccc(N2CCN(CCOC)CC2)nc1. The van der Waals surface area contributed by atoms with Crippen LogP contribution in [0.4, 0.5) is 5.82 Å². The van der Waals surface area contributed by atoms with Crippen LogP contribution in [0.25, 0.3) is 5.70 Å². The zero-order chi connectivity index (χ0) is 21.2. The Balaban J connectivity index is 1.53. The van der Waals surface area contributed by atoms with E-state index in [4.69, 9.17) is 21.3 Å². The highest BCUT2D eigenvalue weighted by molar-refractivity contribution is 6.30. The predicted molar refractivity (Wildman–Crippen MR) is 126 cm³/mol. The maximum atomic E-state index is 5.97. The molecule has 1 aliphatic rings. The first-order valence-electron chi connectivity index (χ1n) is 10.8. The topological polar surface area (TPSA) is 40.6 Å². The van der Waals surface area contributed by atoms with Crippen LogP contribution in [0.1, 0.15) is 24.5 Å². The molecule has 1 saturated heterocycles. The van der Waals surface area contributed by atoms with Gasteiger partial charge in [0.25, 0.3) is 0 Å². The molecule has 5 nitrogen and oxygen atoms in total. The molecule has 0 saturated carbocycles. The van der Waals surface area contributed by atoms with Crippen molar-refractivity contribution >= 4 is 23.1 Å². The van der Waals surface area contributed by atoms with Crippen LogP contribution >= 0.6 is 11.6 Å². The van der Waals surface area contributed by atoms with Gasteiger partial charge in [-0.25, -0.2) is 4.98 Å². The van der Waals surface area contributed by atoms with Gasteiger partial charge in [0.2, 0.25) is 0 Å². The molecule has 0 unspecified atom stereocenters. The first-order chi connectivity index (χ1) is 14.7. The van der Waals surface area contributed by atoms with E-state index in [1.54, 1.807) is 7.11 Å². The second-order valence-corrected chi connectivity index (χ2v) is 7.99. The molecule has 0 radical (unpaired) electrons. The van der Waals surface area contributed by atoms with E-state index in [0.29, 0.717) is 0 Å². The van der Waals surface area contributed by atoms with Gasteiger partial charge in [-0.15, -0.1) is 0 Å². The van der Waals surface area contributed by atoms with Crippen molar-refractivity contribution in [1.82, 2.24) is 15.2 Å². The fourth-order valence-electron chi connectivity index (χ4n) is 3.64. The molecule has 2 aromatic rings. The molecule has 6 heteroatoms. The maximum Gasteiger partial charge on any atom is 0.128 e.